The van der Waals surface area contributed by atoms with Crippen LogP contribution in [0.2, 0.25) is 0 Å². The molecule has 0 aliphatic carbocycles. The SMILES string of the molecule is CCOC(=O)C1(c2cccc(O)c2)CCOCC1F. The van der Waals surface area contributed by atoms with Gasteiger partial charge in [0.15, 0.2) is 0 Å². The van der Waals surface area contributed by atoms with Gasteiger partial charge in [-0.25, -0.2) is 4.39 Å². The van der Waals surface area contributed by atoms with E-state index in [1.54, 1.807) is 19.1 Å². The van der Waals surface area contributed by atoms with Crippen LogP contribution >= 0.6 is 0 Å². The van der Waals surface area contributed by atoms with E-state index in [1.807, 2.05) is 0 Å². The smallest absolute Gasteiger partial charge is 0.319 e. The van der Waals surface area contributed by atoms with Gasteiger partial charge in [-0.3, -0.25) is 4.79 Å². The van der Waals surface area contributed by atoms with E-state index >= 15 is 0 Å². The third-order valence-corrected chi connectivity index (χ3v) is 3.44. The highest BCUT2D eigenvalue weighted by Gasteiger charge is 2.51. The van der Waals surface area contributed by atoms with Crippen molar-refractivity contribution in [2.45, 2.75) is 24.9 Å². The molecule has 1 aromatic rings. The molecule has 0 radical (unpaired) electrons. The quantitative estimate of drug-likeness (QED) is 0.851. The van der Waals surface area contributed by atoms with E-state index in [-0.39, 0.29) is 32.0 Å². The molecule has 1 aliphatic rings. The fraction of sp³-hybridized carbons (Fsp3) is 0.500. The van der Waals surface area contributed by atoms with Gasteiger partial charge in [-0.15, -0.1) is 0 Å². The molecule has 2 atom stereocenters. The Kier molecular flexibility index (Phi) is 4.04. The second kappa shape index (κ2) is 5.57. The van der Waals surface area contributed by atoms with Crippen molar-refractivity contribution in [2.75, 3.05) is 19.8 Å². The largest absolute Gasteiger partial charge is 0.508 e. The normalized spacial score (nSPS) is 26.9. The summed E-state index contributed by atoms with van der Waals surface area (Å²) in [6.45, 7) is 2.01. The lowest BCUT2D eigenvalue weighted by atomic mass is 9.73. The van der Waals surface area contributed by atoms with Crippen molar-refractivity contribution in [1.29, 1.82) is 0 Å². The van der Waals surface area contributed by atoms with Crippen molar-refractivity contribution in [2.24, 2.45) is 0 Å². The zero-order chi connectivity index (χ0) is 13.9. The van der Waals surface area contributed by atoms with E-state index in [0.29, 0.717) is 5.56 Å². The number of benzene rings is 1. The standard InChI is InChI=1S/C14H17FO4/c1-2-19-13(17)14(6-7-18-9-12(14)15)10-4-3-5-11(16)8-10/h3-5,8,12,16H,2,6-7,9H2,1H3. The maximum absolute atomic E-state index is 14.4. The van der Waals surface area contributed by atoms with Crippen LogP contribution in [-0.2, 0) is 19.7 Å². The molecule has 2 unspecified atom stereocenters. The maximum Gasteiger partial charge on any atom is 0.319 e. The minimum absolute atomic E-state index is 0.000125. The Morgan fingerprint density at radius 3 is 3.05 bits per heavy atom. The average molecular weight is 268 g/mol. The van der Waals surface area contributed by atoms with Crippen LogP contribution in [0.5, 0.6) is 5.75 Å². The van der Waals surface area contributed by atoms with Gasteiger partial charge in [-0.05, 0) is 31.0 Å². The number of hydrogen-bond acceptors (Lipinski definition) is 4. The Balaban J connectivity index is 2.47. The van der Waals surface area contributed by atoms with E-state index in [0.717, 1.165) is 0 Å². The lowest BCUT2D eigenvalue weighted by Gasteiger charge is -2.37. The van der Waals surface area contributed by atoms with E-state index in [2.05, 4.69) is 0 Å². The van der Waals surface area contributed by atoms with Crippen molar-refractivity contribution in [1.82, 2.24) is 0 Å². The van der Waals surface area contributed by atoms with Crippen molar-refractivity contribution >= 4 is 5.97 Å². The third kappa shape index (κ3) is 2.42. The van der Waals surface area contributed by atoms with Crippen LogP contribution in [0.1, 0.15) is 18.9 Å². The van der Waals surface area contributed by atoms with Gasteiger partial charge in [0.2, 0.25) is 0 Å². The van der Waals surface area contributed by atoms with Crippen LogP contribution in [0.15, 0.2) is 24.3 Å². The summed E-state index contributed by atoms with van der Waals surface area (Å²) in [5.74, 6) is -0.601. The number of rotatable bonds is 3. The van der Waals surface area contributed by atoms with Crippen LogP contribution < -0.4 is 0 Å². The predicted octanol–water partition coefficient (Wildman–Crippen LogP) is 1.95. The molecule has 0 saturated carbocycles. The van der Waals surface area contributed by atoms with Gasteiger partial charge in [-0.2, -0.15) is 0 Å². The molecule has 5 heteroatoms. The number of phenolic OH excluding ortho intramolecular Hbond substituents is 1. The van der Waals surface area contributed by atoms with Crippen molar-refractivity contribution in [3.63, 3.8) is 0 Å². The molecular formula is C14H17FO4. The minimum Gasteiger partial charge on any atom is -0.508 e. The van der Waals surface area contributed by atoms with Gasteiger partial charge in [0.1, 0.15) is 17.3 Å². The Morgan fingerprint density at radius 1 is 1.63 bits per heavy atom. The topological polar surface area (TPSA) is 55.8 Å². The summed E-state index contributed by atoms with van der Waals surface area (Å²) in [5.41, 5.74) is -0.950. The number of hydrogen-bond donors (Lipinski definition) is 1. The summed E-state index contributed by atoms with van der Waals surface area (Å²) in [7, 11) is 0. The summed E-state index contributed by atoms with van der Waals surface area (Å²) in [6.07, 6.45) is -1.28. The predicted molar refractivity (Wildman–Crippen MR) is 66.7 cm³/mol. The fourth-order valence-corrected chi connectivity index (χ4v) is 2.44. The molecule has 104 valence electrons. The summed E-state index contributed by atoms with van der Waals surface area (Å²) < 4.78 is 24.5. The highest BCUT2D eigenvalue weighted by Crippen LogP contribution is 2.39. The van der Waals surface area contributed by atoms with E-state index in [1.165, 1.54) is 12.1 Å². The first-order valence-electron chi connectivity index (χ1n) is 6.30. The minimum atomic E-state index is -1.48. The van der Waals surface area contributed by atoms with Crippen LogP contribution in [0, 0.1) is 0 Å². The molecular weight excluding hydrogens is 251 g/mol. The lowest BCUT2D eigenvalue weighted by Crippen LogP contribution is -2.51. The van der Waals surface area contributed by atoms with Crippen molar-refractivity contribution < 1.29 is 23.8 Å². The van der Waals surface area contributed by atoms with E-state index in [4.69, 9.17) is 9.47 Å². The third-order valence-electron chi connectivity index (χ3n) is 3.44. The zero-order valence-electron chi connectivity index (χ0n) is 10.8. The fourth-order valence-electron chi connectivity index (χ4n) is 2.44. The van der Waals surface area contributed by atoms with E-state index < -0.39 is 17.6 Å². The molecule has 19 heavy (non-hydrogen) atoms. The second-order valence-corrected chi connectivity index (χ2v) is 4.53. The molecule has 1 N–H and O–H groups in total. The molecule has 4 nitrogen and oxygen atoms in total. The number of esters is 1. The summed E-state index contributed by atoms with van der Waals surface area (Å²) in [5, 5.41) is 9.55. The van der Waals surface area contributed by atoms with Crippen LogP contribution in [0.25, 0.3) is 0 Å². The molecule has 0 aromatic heterocycles. The Morgan fingerprint density at radius 2 is 2.42 bits per heavy atom. The maximum atomic E-state index is 14.4. The molecule has 0 amide bonds. The van der Waals surface area contributed by atoms with Gasteiger partial charge in [0.25, 0.3) is 0 Å². The number of halogens is 1. The summed E-state index contributed by atoms with van der Waals surface area (Å²) >= 11 is 0. The molecule has 1 saturated heterocycles. The second-order valence-electron chi connectivity index (χ2n) is 4.53. The van der Waals surface area contributed by atoms with E-state index in [9.17, 15) is 14.3 Å². The monoisotopic (exact) mass is 268 g/mol. The highest BCUT2D eigenvalue weighted by atomic mass is 19.1. The molecule has 1 heterocycles. The van der Waals surface area contributed by atoms with Crippen LogP contribution in [0.4, 0.5) is 4.39 Å². The highest BCUT2D eigenvalue weighted by molar-refractivity contribution is 5.84. The average Bonchev–Trinajstić information content (AvgIpc) is 2.39. The molecule has 1 aromatic carbocycles. The first-order valence-corrected chi connectivity index (χ1v) is 6.30. The molecule has 1 aliphatic heterocycles. The number of phenols is 1. The number of carbonyl (C=O) groups is 1. The molecule has 0 bridgehead atoms. The molecule has 2 rings (SSSR count). The first kappa shape index (κ1) is 13.8. The van der Waals surface area contributed by atoms with Crippen LogP contribution in [0.3, 0.4) is 0 Å². The number of ether oxygens (including phenoxy) is 2. The Hall–Kier alpha value is -1.62. The Labute approximate surface area is 111 Å². The number of carbonyl (C=O) groups excluding carboxylic acids is 1. The lowest BCUT2D eigenvalue weighted by molar-refractivity contribution is -0.159. The molecule has 1 fully saturated rings. The van der Waals surface area contributed by atoms with Gasteiger partial charge in [0, 0.05) is 6.61 Å². The van der Waals surface area contributed by atoms with Crippen molar-refractivity contribution in [3.05, 3.63) is 29.8 Å². The van der Waals surface area contributed by atoms with Gasteiger partial charge >= 0.3 is 5.97 Å². The van der Waals surface area contributed by atoms with Gasteiger partial charge in [0.05, 0.1) is 13.2 Å². The van der Waals surface area contributed by atoms with Crippen LogP contribution in [-0.4, -0.2) is 37.1 Å². The Bertz CT molecular complexity index is 463. The number of aromatic hydroxyl groups is 1. The first-order chi connectivity index (χ1) is 9.11. The summed E-state index contributed by atoms with van der Waals surface area (Å²) in [4.78, 5) is 12.2. The van der Waals surface area contributed by atoms with Crippen molar-refractivity contribution in [3.8, 4) is 5.75 Å². The van der Waals surface area contributed by atoms with Gasteiger partial charge < -0.3 is 14.6 Å². The summed E-state index contributed by atoms with van der Waals surface area (Å²) in [6, 6.07) is 6.12. The molecule has 0 spiro atoms. The van der Waals surface area contributed by atoms with Gasteiger partial charge in [-0.1, -0.05) is 12.1 Å². The zero-order valence-corrected chi connectivity index (χ0v) is 10.8. The number of alkyl halides is 1.